The van der Waals surface area contributed by atoms with Gasteiger partial charge in [-0.2, -0.15) is 0 Å². The van der Waals surface area contributed by atoms with Crippen LogP contribution in [-0.4, -0.2) is 51.7 Å². The van der Waals surface area contributed by atoms with Crippen LogP contribution in [0, 0.1) is 0 Å². The average molecular weight is 371 g/mol. The summed E-state index contributed by atoms with van der Waals surface area (Å²) in [5.74, 6) is 0.879. The van der Waals surface area contributed by atoms with Crippen molar-refractivity contribution in [1.29, 1.82) is 0 Å². The summed E-state index contributed by atoms with van der Waals surface area (Å²) in [6.07, 6.45) is 5.29. The van der Waals surface area contributed by atoms with Crippen LogP contribution in [0.1, 0.15) is 31.2 Å². The van der Waals surface area contributed by atoms with E-state index >= 15 is 0 Å². The quantitative estimate of drug-likeness (QED) is 0.800. The number of para-hydroxylation sites is 2. The number of aromatic nitrogens is 2. The van der Waals surface area contributed by atoms with Crippen LogP contribution in [0.25, 0.3) is 0 Å². The van der Waals surface area contributed by atoms with E-state index in [2.05, 4.69) is 14.9 Å². The number of aryl methyl sites for hydroxylation is 1. The molecule has 7 heteroatoms. The van der Waals surface area contributed by atoms with E-state index in [4.69, 9.17) is 9.47 Å². The Morgan fingerprint density at radius 2 is 1.81 bits per heavy atom. The zero-order chi connectivity index (χ0) is 19.3. The molecule has 1 aliphatic heterocycles. The lowest BCUT2D eigenvalue weighted by Gasteiger charge is -2.39. The van der Waals surface area contributed by atoms with E-state index in [0.29, 0.717) is 44.0 Å². The van der Waals surface area contributed by atoms with E-state index in [1.807, 2.05) is 31.5 Å². The highest BCUT2D eigenvalue weighted by molar-refractivity contribution is 5.78. The van der Waals surface area contributed by atoms with Gasteiger partial charge in [0.25, 0.3) is 0 Å². The predicted molar refractivity (Wildman–Crippen MR) is 99.9 cm³/mol. The number of rotatable bonds is 7. The van der Waals surface area contributed by atoms with Crippen LogP contribution in [0.15, 0.2) is 36.7 Å². The molecule has 1 N–H and O–H groups in total. The number of hydrogen-bond donors (Lipinski definition) is 1. The molecule has 0 bridgehead atoms. The van der Waals surface area contributed by atoms with Crippen LogP contribution in [-0.2, 0) is 17.8 Å². The molecule has 0 unspecified atom stereocenters. The third-order valence-corrected chi connectivity index (χ3v) is 4.91. The topological polar surface area (TPSA) is 84.8 Å². The number of aliphatic carboxylic acids is 1. The van der Waals surface area contributed by atoms with Gasteiger partial charge in [0, 0.05) is 56.9 Å². The lowest BCUT2D eigenvalue weighted by Crippen LogP contribution is -2.53. The Bertz CT molecular complexity index is 771. The summed E-state index contributed by atoms with van der Waals surface area (Å²) in [4.78, 5) is 22.9. The molecular formula is C20H25N3O4. The first-order valence-electron chi connectivity index (χ1n) is 9.14. The number of carbonyl (C=O) groups is 1. The third kappa shape index (κ3) is 4.36. The Labute approximate surface area is 159 Å². The maximum absolute atomic E-state index is 12.0. The fourth-order valence-electron chi connectivity index (χ4n) is 3.25. The van der Waals surface area contributed by atoms with Gasteiger partial charge in [-0.15, -0.1) is 0 Å². The van der Waals surface area contributed by atoms with Crippen LogP contribution in [0.2, 0.25) is 0 Å². The number of piperidine rings is 1. The summed E-state index contributed by atoms with van der Waals surface area (Å²) in [7, 11) is 1.55. The Hall–Kier alpha value is -2.67. The second-order valence-corrected chi connectivity index (χ2v) is 6.69. The van der Waals surface area contributed by atoms with Gasteiger partial charge in [-0.1, -0.05) is 19.1 Å². The van der Waals surface area contributed by atoms with E-state index in [0.717, 1.165) is 17.8 Å². The SMILES string of the molecule is CCc1ncc(CN2CCC(Oc3ccccc3OC)(C(=O)O)CC2)cn1. The summed E-state index contributed by atoms with van der Waals surface area (Å²) >= 11 is 0. The van der Waals surface area contributed by atoms with Crippen molar-refractivity contribution in [1.82, 2.24) is 14.9 Å². The molecule has 0 radical (unpaired) electrons. The summed E-state index contributed by atoms with van der Waals surface area (Å²) < 4.78 is 11.3. The van der Waals surface area contributed by atoms with Gasteiger partial charge in [0.05, 0.1) is 7.11 Å². The molecule has 1 aromatic carbocycles. The largest absolute Gasteiger partial charge is 0.493 e. The Kier molecular flexibility index (Phi) is 5.91. The number of likely N-dealkylation sites (tertiary alicyclic amines) is 1. The first-order valence-corrected chi connectivity index (χ1v) is 9.14. The number of carboxylic acid groups (broad SMARTS) is 1. The van der Waals surface area contributed by atoms with Crippen LogP contribution >= 0.6 is 0 Å². The fraction of sp³-hybridized carbons (Fsp3) is 0.450. The van der Waals surface area contributed by atoms with Gasteiger partial charge in [-0.3, -0.25) is 4.90 Å². The van der Waals surface area contributed by atoms with Gasteiger partial charge in [0.2, 0.25) is 5.60 Å². The van der Waals surface area contributed by atoms with E-state index < -0.39 is 11.6 Å². The van der Waals surface area contributed by atoms with Gasteiger partial charge in [-0.25, -0.2) is 14.8 Å². The number of hydrogen-bond acceptors (Lipinski definition) is 6. The summed E-state index contributed by atoms with van der Waals surface area (Å²) in [6, 6.07) is 7.14. The zero-order valence-corrected chi connectivity index (χ0v) is 15.7. The van der Waals surface area contributed by atoms with E-state index in [9.17, 15) is 9.90 Å². The Morgan fingerprint density at radius 3 is 2.37 bits per heavy atom. The summed E-state index contributed by atoms with van der Waals surface area (Å²) in [5.41, 5.74) is -0.214. The van der Waals surface area contributed by atoms with Crippen molar-refractivity contribution in [3.8, 4) is 11.5 Å². The van der Waals surface area contributed by atoms with Gasteiger partial charge in [0.1, 0.15) is 5.82 Å². The minimum absolute atomic E-state index is 0.397. The second kappa shape index (κ2) is 8.35. The monoisotopic (exact) mass is 371 g/mol. The molecule has 0 aliphatic carbocycles. The molecule has 2 heterocycles. The van der Waals surface area contributed by atoms with Crippen molar-refractivity contribution >= 4 is 5.97 Å². The normalized spacial score (nSPS) is 16.7. The minimum atomic E-state index is -1.24. The molecule has 144 valence electrons. The molecule has 7 nitrogen and oxygen atoms in total. The molecular weight excluding hydrogens is 346 g/mol. The molecule has 1 fully saturated rings. The maximum Gasteiger partial charge on any atom is 0.348 e. The molecule has 0 amide bonds. The van der Waals surface area contributed by atoms with E-state index in [1.165, 1.54) is 0 Å². The van der Waals surface area contributed by atoms with E-state index in [-0.39, 0.29) is 0 Å². The minimum Gasteiger partial charge on any atom is -0.493 e. The van der Waals surface area contributed by atoms with Gasteiger partial charge in [-0.05, 0) is 12.1 Å². The molecule has 0 atom stereocenters. The fourth-order valence-corrected chi connectivity index (χ4v) is 3.25. The molecule has 0 spiro atoms. The first kappa shape index (κ1) is 19.1. The smallest absolute Gasteiger partial charge is 0.348 e. The molecule has 3 rings (SSSR count). The van der Waals surface area contributed by atoms with Crippen molar-refractivity contribution < 1.29 is 19.4 Å². The Balaban J connectivity index is 1.66. The lowest BCUT2D eigenvalue weighted by atomic mass is 9.90. The zero-order valence-electron chi connectivity index (χ0n) is 15.7. The number of carboxylic acids is 1. The molecule has 2 aromatic rings. The third-order valence-electron chi connectivity index (χ3n) is 4.91. The molecule has 1 saturated heterocycles. The first-order chi connectivity index (χ1) is 13.1. The summed E-state index contributed by atoms with van der Waals surface area (Å²) in [5, 5.41) is 9.84. The molecule has 27 heavy (non-hydrogen) atoms. The highest BCUT2D eigenvalue weighted by Gasteiger charge is 2.44. The van der Waals surface area contributed by atoms with E-state index in [1.54, 1.807) is 19.2 Å². The standard InChI is InChI=1S/C20H25N3O4/c1-3-18-21-12-15(13-22-18)14-23-10-8-20(9-11-23,19(24)25)27-17-7-5-4-6-16(17)26-2/h4-7,12-13H,3,8-11,14H2,1-2H3,(H,24,25). The number of benzene rings is 1. The van der Waals surface area contributed by atoms with Gasteiger partial charge < -0.3 is 14.6 Å². The average Bonchev–Trinajstić information content (AvgIpc) is 2.70. The molecule has 0 saturated carbocycles. The predicted octanol–water partition coefficient (Wildman–Crippen LogP) is 2.55. The maximum atomic E-state index is 12.0. The van der Waals surface area contributed by atoms with Gasteiger partial charge in [0.15, 0.2) is 11.5 Å². The molecule has 1 aromatic heterocycles. The van der Waals surface area contributed by atoms with Crippen molar-refractivity contribution in [2.45, 2.75) is 38.3 Å². The van der Waals surface area contributed by atoms with Crippen molar-refractivity contribution in [2.24, 2.45) is 0 Å². The van der Waals surface area contributed by atoms with Crippen LogP contribution in [0.4, 0.5) is 0 Å². The van der Waals surface area contributed by atoms with Crippen LogP contribution in [0.5, 0.6) is 11.5 Å². The van der Waals surface area contributed by atoms with Crippen molar-refractivity contribution in [3.63, 3.8) is 0 Å². The lowest BCUT2D eigenvalue weighted by molar-refractivity contribution is -0.160. The summed E-state index contributed by atoms with van der Waals surface area (Å²) in [6.45, 7) is 3.97. The second-order valence-electron chi connectivity index (χ2n) is 6.69. The van der Waals surface area contributed by atoms with Crippen molar-refractivity contribution in [3.05, 3.63) is 48.0 Å². The highest BCUT2D eigenvalue weighted by Crippen LogP contribution is 2.34. The molecule has 1 aliphatic rings. The van der Waals surface area contributed by atoms with Crippen LogP contribution in [0.3, 0.4) is 0 Å². The Morgan fingerprint density at radius 1 is 1.19 bits per heavy atom. The van der Waals surface area contributed by atoms with Gasteiger partial charge >= 0.3 is 5.97 Å². The number of nitrogens with zero attached hydrogens (tertiary/aromatic N) is 3. The van der Waals surface area contributed by atoms with Crippen LogP contribution < -0.4 is 9.47 Å². The number of methoxy groups -OCH3 is 1. The highest BCUT2D eigenvalue weighted by atomic mass is 16.5. The number of ether oxygens (including phenoxy) is 2. The van der Waals surface area contributed by atoms with Crippen molar-refractivity contribution in [2.75, 3.05) is 20.2 Å².